The molecule has 6 nitrogen and oxygen atoms in total. The second-order valence-corrected chi connectivity index (χ2v) is 12.0. The summed E-state index contributed by atoms with van der Waals surface area (Å²) in [7, 11) is 1.56. The number of ether oxygens (including phenoxy) is 3. The molecule has 1 aliphatic rings. The van der Waals surface area contributed by atoms with E-state index in [9.17, 15) is 9.59 Å². The molecule has 0 unspecified atom stereocenters. The van der Waals surface area contributed by atoms with Crippen molar-refractivity contribution in [3.63, 3.8) is 0 Å². The molecule has 3 aromatic rings. The third-order valence-corrected chi connectivity index (χ3v) is 7.83. The molecular formula is C31H32BrNO5S. The fourth-order valence-electron chi connectivity index (χ4n) is 4.06. The molecule has 0 bridgehead atoms. The molecule has 3 aromatic carbocycles. The maximum absolute atomic E-state index is 13.0. The fourth-order valence-corrected chi connectivity index (χ4v) is 5.48. The van der Waals surface area contributed by atoms with E-state index >= 15 is 0 Å². The Morgan fingerprint density at radius 2 is 1.67 bits per heavy atom. The predicted molar refractivity (Wildman–Crippen MR) is 160 cm³/mol. The second kappa shape index (κ2) is 12.3. The summed E-state index contributed by atoms with van der Waals surface area (Å²) in [5, 5.41) is -0.284. The maximum atomic E-state index is 13.0. The van der Waals surface area contributed by atoms with Gasteiger partial charge >= 0.3 is 0 Å². The number of halogens is 1. The van der Waals surface area contributed by atoms with Gasteiger partial charge in [0.15, 0.2) is 11.5 Å². The van der Waals surface area contributed by atoms with E-state index in [1.165, 1.54) is 10.5 Å². The number of amides is 2. The maximum Gasteiger partial charge on any atom is 0.293 e. The molecular weight excluding hydrogens is 578 g/mol. The van der Waals surface area contributed by atoms with Crippen LogP contribution in [0.4, 0.5) is 4.79 Å². The van der Waals surface area contributed by atoms with Gasteiger partial charge in [0.25, 0.3) is 11.1 Å². The van der Waals surface area contributed by atoms with Gasteiger partial charge in [0, 0.05) is 0 Å². The van der Waals surface area contributed by atoms with Gasteiger partial charge < -0.3 is 14.2 Å². The van der Waals surface area contributed by atoms with Crippen LogP contribution in [0.3, 0.4) is 0 Å². The van der Waals surface area contributed by atoms with Crippen molar-refractivity contribution < 1.29 is 23.8 Å². The molecule has 0 saturated carbocycles. The molecule has 4 rings (SSSR count). The average Bonchev–Trinajstić information content (AvgIpc) is 3.15. The normalized spacial score (nSPS) is 14.7. The van der Waals surface area contributed by atoms with Crippen LogP contribution >= 0.6 is 27.7 Å². The molecule has 1 fully saturated rings. The summed E-state index contributed by atoms with van der Waals surface area (Å²) in [6, 6.07) is 19.4. The van der Waals surface area contributed by atoms with Gasteiger partial charge in [-0.15, -0.1) is 0 Å². The first kappa shape index (κ1) is 28.8. The Bertz CT molecular complexity index is 1400. The summed E-state index contributed by atoms with van der Waals surface area (Å²) >= 11 is 4.50. The summed E-state index contributed by atoms with van der Waals surface area (Å²) in [6.07, 6.45) is 1.70. The number of nitrogens with zero attached hydrogens (tertiary/aromatic N) is 1. The van der Waals surface area contributed by atoms with E-state index in [1.807, 2.05) is 49.4 Å². The summed E-state index contributed by atoms with van der Waals surface area (Å²) < 4.78 is 18.0. The quantitative estimate of drug-likeness (QED) is 0.182. The van der Waals surface area contributed by atoms with Gasteiger partial charge in [-0.1, -0.05) is 57.2 Å². The number of aryl methyl sites for hydroxylation is 1. The fraction of sp³-hybridized carbons (Fsp3) is 0.290. The van der Waals surface area contributed by atoms with E-state index in [0.717, 1.165) is 28.6 Å². The van der Waals surface area contributed by atoms with Crippen LogP contribution in [0.5, 0.6) is 17.2 Å². The minimum atomic E-state index is -0.309. The van der Waals surface area contributed by atoms with Gasteiger partial charge in [-0.05, 0) is 92.6 Å². The molecule has 1 aliphatic heterocycles. The summed E-state index contributed by atoms with van der Waals surface area (Å²) in [5.74, 6) is 1.51. The van der Waals surface area contributed by atoms with Gasteiger partial charge in [-0.25, -0.2) is 0 Å². The van der Waals surface area contributed by atoms with E-state index < -0.39 is 0 Å². The Kier molecular flexibility index (Phi) is 9.08. The van der Waals surface area contributed by atoms with Crippen LogP contribution in [0.25, 0.3) is 6.08 Å². The molecule has 0 aliphatic carbocycles. The highest BCUT2D eigenvalue weighted by atomic mass is 79.9. The lowest BCUT2D eigenvalue weighted by Crippen LogP contribution is -2.27. The molecule has 0 spiro atoms. The van der Waals surface area contributed by atoms with Crippen molar-refractivity contribution in [2.24, 2.45) is 0 Å². The van der Waals surface area contributed by atoms with E-state index in [-0.39, 0.29) is 23.1 Å². The topological polar surface area (TPSA) is 65.1 Å². The first-order valence-corrected chi connectivity index (χ1v) is 14.2. The Morgan fingerprint density at radius 1 is 0.974 bits per heavy atom. The van der Waals surface area contributed by atoms with Crippen LogP contribution < -0.4 is 14.2 Å². The smallest absolute Gasteiger partial charge is 0.293 e. The van der Waals surface area contributed by atoms with Crippen molar-refractivity contribution in [1.29, 1.82) is 0 Å². The minimum absolute atomic E-state index is 0.0898. The van der Waals surface area contributed by atoms with Crippen LogP contribution in [0.1, 0.15) is 43.0 Å². The molecule has 204 valence electrons. The zero-order chi connectivity index (χ0) is 28.2. The molecule has 2 amide bonds. The summed E-state index contributed by atoms with van der Waals surface area (Å²) in [5.41, 5.74) is 4.03. The first-order chi connectivity index (χ1) is 18.6. The molecule has 39 heavy (non-hydrogen) atoms. The highest BCUT2D eigenvalue weighted by Crippen LogP contribution is 2.39. The highest BCUT2D eigenvalue weighted by molar-refractivity contribution is 9.10. The Balaban J connectivity index is 1.40. The monoisotopic (exact) mass is 609 g/mol. The molecule has 0 N–H and O–H groups in total. The summed E-state index contributed by atoms with van der Waals surface area (Å²) in [6.45, 7) is 9.41. The number of hydrogen-bond donors (Lipinski definition) is 0. The Morgan fingerprint density at radius 3 is 2.33 bits per heavy atom. The third kappa shape index (κ3) is 7.05. The van der Waals surface area contributed by atoms with Crippen LogP contribution in [0, 0.1) is 6.92 Å². The Hall–Kier alpha value is -3.23. The van der Waals surface area contributed by atoms with Gasteiger partial charge in [-0.3, -0.25) is 14.5 Å². The number of carbonyl (C=O) groups excluding carboxylic acids is 2. The standard InChI is InChI=1S/C31H32BrNO5S/c1-20-8-6-7-9-22(20)19-33-29(34)27(39-30(33)35)18-21-16-25(32)28(26(17-21)36-5)38-15-14-37-24-12-10-23(11-13-24)31(2,3)4/h6-13,16-18H,14-15,19H2,1-5H3/b27-18-. The number of thioether (sulfide) groups is 1. The van der Waals surface area contributed by atoms with E-state index in [0.29, 0.717) is 39.7 Å². The van der Waals surface area contributed by atoms with Gasteiger partial charge in [0.05, 0.1) is 23.0 Å². The van der Waals surface area contributed by atoms with Gasteiger partial charge in [0.1, 0.15) is 19.0 Å². The van der Waals surface area contributed by atoms with Crippen molar-refractivity contribution >= 4 is 44.9 Å². The third-order valence-electron chi connectivity index (χ3n) is 6.33. The SMILES string of the molecule is COc1cc(/C=C2\SC(=O)N(Cc3ccccc3C)C2=O)cc(Br)c1OCCOc1ccc(C(C)(C)C)cc1. The zero-order valence-corrected chi connectivity index (χ0v) is 25.1. The Labute approximate surface area is 242 Å². The largest absolute Gasteiger partial charge is 0.493 e. The van der Waals surface area contributed by atoms with Crippen LogP contribution in [0.2, 0.25) is 0 Å². The molecule has 0 radical (unpaired) electrons. The van der Waals surface area contributed by atoms with Gasteiger partial charge in [0.2, 0.25) is 0 Å². The molecule has 1 heterocycles. The number of benzene rings is 3. The number of hydrogen-bond acceptors (Lipinski definition) is 6. The van der Waals surface area contributed by atoms with Crippen molar-refractivity contribution in [3.8, 4) is 17.2 Å². The van der Waals surface area contributed by atoms with Crippen molar-refractivity contribution in [1.82, 2.24) is 4.90 Å². The average molecular weight is 611 g/mol. The zero-order valence-electron chi connectivity index (χ0n) is 22.7. The first-order valence-electron chi connectivity index (χ1n) is 12.6. The van der Waals surface area contributed by atoms with E-state index in [1.54, 1.807) is 19.3 Å². The number of rotatable bonds is 9. The molecule has 1 saturated heterocycles. The van der Waals surface area contributed by atoms with Crippen LogP contribution in [-0.4, -0.2) is 36.4 Å². The van der Waals surface area contributed by atoms with Crippen LogP contribution in [0.15, 0.2) is 70.0 Å². The van der Waals surface area contributed by atoms with Crippen molar-refractivity contribution in [2.45, 2.75) is 39.7 Å². The van der Waals surface area contributed by atoms with Crippen LogP contribution in [-0.2, 0) is 16.8 Å². The summed E-state index contributed by atoms with van der Waals surface area (Å²) in [4.78, 5) is 27.3. The number of carbonyl (C=O) groups is 2. The molecule has 0 atom stereocenters. The minimum Gasteiger partial charge on any atom is -0.493 e. The molecule has 8 heteroatoms. The van der Waals surface area contributed by atoms with Crippen molar-refractivity contribution in [2.75, 3.05) is 20.3 Å². The van der Waals surface area contributed by atoms with Crippen molar-refractivity contribution in [3.05, 3.63) is 92.3 Å². The lowest BCUT2D eigenvalue weighted by molar-refractivity contribution is -0.123. The number of methoxy groups -OCH3 is 1. The van der Waals surface area contributed by atoms with E-state index in [2.05, 4.69) is 48.8 Å². The highest BCUT2D eigenvalue weighted by Gasteiger charge is 2.35. The lowest BCUT2D eigenvalue weighted by Gasteiger charge is -2.19. The molecule has 0 aromatic heterocycles. The lowest BCUT2D eigenvalue weighted by atomic mass is 9.87. The number of imide groups is 1. The second-order valence-electron chi connectivity index (χ2n) is 10.2. The van der Waals surface area contributed by atoms with Gasteiger partial charge in [-0.2, -0.15) is 0 Å². The predicted octanol–water partition coefficient (Wildman–Crippen LogP) is 7.76. The van der Waals surface area contributed by atoms with E-state index in [4.69, 9.17) is 14.2 Å².